The van der Waals surface area contributed by atoms with Crippen molar-refractivity contribution in [2.45, 2.75) is 58.2 Å². The fourth-order valence-electron chi connectivity index (χ4n) is 1.12. The maximum Gasteiger partial charge on any atom is 0.332 e. The first kappa shape index (κ1) is 17.9. The number of aliphatic hydroxyl groups excluding tert-OH is 1. The molecule has 1 heterocycles. The Balaban J connectivity index is 0.000000459. The molecule has 1 saturated heterocycles. The van der Waals surface area contributed by atoms with Gasteiger partial charge >= 0.3 is 11.9 Å². The molecule has 1 aliphatic rings. The molecule has 0 aliphatic carbocycles. The predicted octanol–water partition coefficient (Wildman–Crippen LogP) is 1.35. The molecule has 0 bridgehead atoms. The lowest BCUT2D eigenvalue weighted by molar-refractivity contribution is -0.145. The van der Waals surface area contributed by atoms with Gasteiger partial charge in [-0.25, -0.2) is 4.79 Å². The number of epoxide rings is 1. The molecule has 2 N–H and O–H groups in total. The van der Waals surface area contributed by atoms with E-state index < -0.39 is 12.1 Å². The highest BCUT2D eigenvalue weighted by atomic mass is 16.6. The monoisotopic (exact) mass is 276 g/mol. The first-order valence-electron chi connectivity index (χ1n) is 6.65. The largest absolute Gasteiger partial charge is 0.479 e. The highest BCUT2D eigenvalue weighted by molar-refractivity contribution is 5.71. The van der Waals surface area contributed by atoms with Gasteiger partial charge in [0, 0.05) is 6.42 Å². The van der Waals surface area contributed by atoms with Crippen molar-refractivity contribution in [3.05, 3.63) is 0 Å². The molecule has 0 saturated carbocycles. The van der Waals surface area contributed by atoms with Crippen LogP contribution in [0.4, 0.5) is 0 Å². The molecule has 0 aromatic heterocycles. The maximum absolute atomic E-state index is 11.1. The number of aliphatic carboxylic acids is 1. The number of carboxylic acids is 1. The summed E-state index contributed by atoms with van der Waals surface area (Å²) in [7, 11) is 0. The van der Waals surface area contributed by atoms with Crippen LogP contribution in [0.1, 0.15) is 46.0 Å². The molecule has 112 valence electrons. The summed E-state index contributed by atoms with van der Waals surface area (Å²) in [6, 6.07) is 0. The molecule has 6 nitrogen and oxygen atoms in total. The van der Waals surface area contributed by atoms with Crippen LogP contribution in [0.5, 0.6) is 0 Å². The van der Waals surface area contributed by atoms with Gasteiger partial charge < -0.3 is 19.7 Å². The third-order valence-corrected chi connectivity index (χ3v) is 2.42. The molecular weight excluding hydrogens is 252 g/mol. The van der Waals surface area contributed by atoms with E-state index in [-0.39, 0.29) is 12.1 Å². The Morgan fingerprint density at radius 1 is 1.37 bits per heavy atom. The van der Waals surface area contributed by atoms with Crippen LogP contribution in [0.3, 0.4) is 0 Å². The van der Waals surface area contributed by atoms with E-state index in [2.05, 4.69) is 6.92 Å². The summed E-state index contributed by atoms with van der Waals surface area (Å²) >= 11 is 0. The van der Waals surface area contributed by atoms with Crippen molar-refractivity contribution in [2.75, 3.05) is 13.2 Å². The van der Waals surface area contributed by atoms with Crippen molar-refractivity contribution < 1.29 is 29.3 Å². The minimum Gasteiger partial charge on any atom is -0.479 e. The van der Waals surface area contributed by atoms with E-state index in [0.29, 0.717) is 13.0 Å². The number of hydrogen-bond donors (Lipinski definition) is 2. The summed E-state index contributed by atoms with van der Waals surface area (Å²) in [6.07, 6.45) is 4.02. The molecule has 1 rings (SSSR count). The van der Waals surface area contributed by atoms with Crippen LogP contribution in [0, 0.1) is 0 Å². The third-order valence-electron chi connectivity index (χ3n) is 2.42. The van der Waals surface area contributed by atoms with E-state index in [1.54, 1.807) is 0 Å². The van der Waals surface area contributed by atoms with Crippen LogP contribution in [0.2, 0.25) is 0 Å². The molecule has 0 aromatic carbocycles. The molecule has 0 amide bonds. The van der Waals surface area contributed by atoms with Crippen LogP contribution >= 0.6 is 0 Å². The van der Waals surface area contributed by atoms with Gasteiger partial charge in [0.05, 0.1) is 6.61 Å². The zero-order chi connectivity index (χ0) is 14.7. The van der Waals surface area contributed by atoms with Crippen molar-refractivity contribution >= 4 is 11.9 Å². The van der Waals surface area contributed by atoms with Crippen LogP contribution in [0.25, 0.3) is 0 Å². The van der Waals surface area contributed by atoms with Crippen LogP contribution in [-0.2, 0) is 19.1 Å². The van der Waals surface area contributed by atoms with Crippen molar-refractivity contribution in [2.24, 2.45) is 0 Å². The average molecular weight is 276 g/mol. The van der Waals surface area contributed by atoms with E-state index in [4.69, 9.17) is 19.7 Å². The Morgan fingerprint density at radius 2 is 1.95 bits per heavy atom. The Morgan fingerprint density at radius 3 is 2.37 bits per heavy atom. The Bertz CT molecular complexity index is 260. The predicted molar refractivity (Wildman–Crippen MR) is 68.8 cm³/mol. The zero-order valence-electron chi connectivity index (χ0n) is 11.6. The lowest BCUT2D eigenvalue weighted by atomic mass is 10.2. The van der Waals surface area contributed by atoms with Crippen LogP contribution < -0.4 is 0 Å². The first-order valence-corrected chi connectivity index (χ1v) is 6.65. The highest BCUT2D eigenvalue weighted by Gasteiger charge is 2.23. The van der Waals surface area contributed by atoms with E-state index in [9.17, 15) is 9.59 Å². The standard InChI is InChI=1S/C10H18O3.C3H6O3/c1-2-3-4-5-6-10(11)13-8-9-7-12-9;1-2(4)3(5)6/h9H,2-8H2,1H3;2,4H,1H3,(H,5,6). The Hall–Kier alpha value is -1.14. The molecule has 1 fully saturated rings. The number of carbonyl (C=O) groups excluding carboxylic acids is 1. The first-order chi connectivity index (χ1) is 8.97. The lowest BCUT2D eigenvalue weighted by Crippen LogP contribution is -2.13. The molecule has 2 atom stereocenters. The summed E-state index contributed by atoms with van der Waals surface area (Å²) in [6.45, 7) is 4.56. The summed E-state index contributed by atoms with van der Waals surface area (Å²) in [4.78, 5) is 20.5. The SMILES string of the molecule is CC(O)C(=O)O.CCCCCCC(=O)OCC1CO1. The number of esters is 1. The summed E-state index contributed by atoms with van der Waals surface area (Å²) in [5, 5.41) is 15.8. The molecule has 6 heteroatoms. The van der Waals surface area contributed by atoms with Crippen LogP contribution in [0.15, 0.2) is 0 Å². The zero-order valence-corrected chi connectivity index (χ0v) is 11.6. The molecule has 2 unspecified atom stereocenters. The van der Waals surface area contributed by atoms with Crippen molar-refractivity contribution in [1.82, 2.24) is 0 Å². The summed E-state index contributed by atoms with van der Waals surface area (Å²) < 4.78 is 9.91. The molecular formula is C13H24O6. The van der Waals surface area contributed by atoms with Gasteiger partial charge in [0.15, 0.2) is 0 Å². The Labute approximate surface area is 113 Å². The van der Waals surface area contributed by atoms with Gasteiger partial charge in [-0.3, -0.25) is 4.79 Å². The van der Waals surface area contributed by atoms with Gasteiger partial charge in [0.1, 0.15) is 18.8 Å². The second-order valence-corrected chi connectivity index (χ2v) is 4.46. The second-order valence-electron chi connectivity index (χ2n) is 4.46. The maximum atomic E-state index is 11.1. The van der Waals surface area contributed by atoms with Crippen molar-refractivity contribution in [3.63, 3.8) is 0 Å². The van der Waals surface area contributed by atoms with Gasteiger partial charge in [-0.2, -0.15) is 0 Å². The topological polar surface area (TPSA) is 96.4 Å². The lowest BCUT2D eigenvalue weighted by Gasteiger charge is -2.01. The Kier molecular flexibility index (Phi) is 10.1. The minimum atomic E-state index is -1.23. The summed E-state index contributed by atoms with van der Waals surface area (Å²) in [5.41, 5.74) is 0. The average Bonchev–Trinajstić information content (AvgIpc) is 3.17. The van der Waals surface area contributed by atoms with Gasteiger partial charge in [0.25, 0.3) is 0 Å². The van der Waals surface area contributed by atoms with E-state index in [0.717, 1.165) is 19.4 Å². The number of ether oxygens (including phenoxy) is 2. The summed E-state index contributed by atoms with van der Waals surface area (Å²) in [5.74, 6) is -1.26. The number of rotatable bonds is 8. The smallest absolute Gasteiger partial charge is 0.332 e. The quantitative estimate of drug-likeness (QED) is 0.394. The minimum absolute atomic E-state index is 0.0772. The molecule has 0 spiro atoms. The number of unbranched alkanes of at least 4 members (excludes halogenated alkanes) is 3. The third kappa shape index (κ3) is 13.1. The van der Waals surface area contributed by atoms with Gasteiger partial charge in [-0.15, -0.1) is 0 Å². The van der Waals surface area contributed by atoms with Crippen molar-refractivity contribution in [3.8, 4) is 0 Å². The molecule has 0 aromatic rings. The van der Waals surface area contributed by atoms with E-state index in [1.807, 2.05) is 0 Å². The molecule has 19 heavy (non-hydrogen) atoms. The highest BCUT2D eigenvalue weighted by Crippen LogP contribution is 2.10. The van der Waals surface area contributed by atoms with Gasteiger partial charge in [-0.05, 0) is 13.3 Å². The fraction of sp³-hybridized carbons (Fsp3) is 0.846. The number of carbonyl (C=O) groups is 2. The molecule has 1 aliphatic heterocycles. The fourth-order valence-corrected chi connectivity index (χ4v) is 1.12. The van der Waals surface area contributed by atoms with E-state index in [1.165, 1.54) is 19.8 Å². The second kappa shape index (κ2) is 10.8. The van der Waals surface area contributed by atoms with Gasteiger partial charge in [0.2, 0.25) is 0 Å². The van der Waals surface area contributed by atoms with E-state index >= 15 is 0 Å². The number of hydrogen-bond acceptors (Lipinski definition) is 5. The number of aliphatic hydroxyl groups is 1. The van der Waals surface area contributed by atoms with Crippen molar-refractivity contribution in [1.29, 1.82) is 0 Å². The van der Waals surface area contributed by atoms with Gasteiger partial charge in [-0.1, -0.05) is 26.2 Å². The molecule has 0 radical (unpaired) electrons. The normalized spacial score (nSPS) is 17.9. The number of carboxylic acid groups (broad SMARTS) is 1. The van der Waals surface area contributed by atoms with Crippen LogP contribution in [-0.4, -0.2) is 47.6 Å².